The van der Waals surface area contributed by atoms with Gasteiger partial charge in [0.25, 0.3) is 0 Å². The number of nitrogens with one attached hydrogen (secondary N) is 1. The van der Waals surface area contributed by atoms with Crippen molar-refractivity contribution in [3.63, 3.8) is 0 Å². The van der Waals surface area contributed by atoms with Crippen molar-refractivity contribution in [1.82, 2.24) is 5.32 Å². The third-order valence-electron chi connectivity index (χ3n) is 5.11. The SMILES string of the molecule is CCCCCCCCCCCCC(CC)(CC)CNC. The number of rotatable bonds is 15. The zero-order chi connectivity index (χ0) is 15.1. The summed E-state index contributed by atoms with van der Waals surface area (Å²) in [7, 11) is 2.10. The van der Waals surface area contributed by atoms with Gasteiger partial charge in [-0.2, -0.15) is 0 Å². The molecule has 0 unspecified atom stereocenters. The number of hydrogen-bond donors (Lipinski definition) is 1. The van der Waals surface area contributed by atoms with E-state index in [0.29, 0.717) is 5.41 Å². The van der Waals surface area contributed by atoms with Crippen molar-refractivity contribution in [1.29, 1.82) is 0 Å². The van der Waals surface area contributed by atoms with Crippen LogP contribution in [0.1, 0.15) is 104 Å². The topological polar surface area (TPSA) is 12.0 Å². The van der Waals surface area contributed by atoms with E-state index in [4.69, 9.17) is 0 Å². The predicted octanol–water partition coefficient (Wildman–Crippen LogP) is 6.32. The van der Waals surface area contributed by atoms with E-state index in [2.05, 4.69) is 33.1 Å². The predicted molar refractivity (Wildman–Crippen MR) is 93.4 cm³/mol. The van der Waals surface area contributed by atoms with Crippen LogP contribution in [-0.2, 0) is 0 Å². The van der Waals surface area contributed by atoms with E-state index in [0.717, 1.165) is 0 Å². The van der Waals surface area contributed by atoms with E-state index >= 15 is 0 Å². The van der Waals surface area contributed by atoms with Crippen molar-refractivity contribution in [3.05, 3.63) is 0 Å². The van der Waals surface area contributed by atoms with E-state index in [1.165, 1.54) is 90.0 Å². The second-order valence-electron chi connectivity index (χ2n) is 6.67. The molecule has 0 aromatic carbocycles. The van der Waals surface area contributed by atoms with Crippen molar-refractivity contribution in [2.45, 2.75) is 104 Å². The van der Waals surface area contributed by atoms with Crippen LogP contribution in [0, 0.1) is 5.41 Å². The van der Waals surface area contributed by atoms with Gasteiger partial charge in [-0.1, -0.05) is 85.0 Å². The molecule has 0 aliphatic heterocycles. The van der Waals surface area contributed by atoms with Crippen LogP contribution in [0.4, 0.5) is 0 Å². The summed E-state index contributed by atoms with van der Waals surface area (Å²) in [5.41, 5.74) is 0.564. The van der Waals surface area contributed by atoms with Gasteiger partial charge in [0.05, 0.1) is 0 Å². The summed E-state index contributed by atoms with van der Waals surface area (Å²) in [6, 6.07) is 0. The maximum absolute atomic E-state index is 3.40. The van der Waals surface area contributed by atoms with E-state index in [9.17, 15) is 0 Å². The summed E-state index contributed by atoms with van der Waals surface area (Å²) >= 11 is 0. The van der Waals surface area contributed by atoms with Crippen molar-refractivity contribution in [3.8, 4) is 0 Å². The average Bonchev–Trinajstić information content (AvgIpc) is 2.48. The van der Waals surface area contributed by atoms with Crippen LogP contribution < -0.4 is 5.32 Å². The van der Waals surface area contributed by atoms with Gasteiger partial charge in [0.15, 0.2) is 0 Å². The van der Waals surface area contributed by atoms with Gasteiger partial charge in [-0.15, -0.1) is 0 Å². The summed E-state index contributed by atoms with van der Waals surface area (Å²) in [5, 5.41) is 3.40. The van der Waals surface area contributed by atoms with Gasteiger partial charge >= 0.3 is 0 Å². The molecule has 0 bridgehead atoms. The van der Waals surface area contributed by atoms with Crippen LogP contribution in [0.3, 0.4) is 0 Å². The van der Waals surface area contributed by atoms with Gasteiger partial charge in [0, 0.05) is 6.54 Å². The van der Waals surface area contributed by atoms with Crippen LogP contribution in [0.5, 0.6) is 0 Å². The molecule has 0 aromatic rings. The first-order valence-electron chi connectivity index (χ1n) is 9.39. The second-order valence-corrected chi connectivity index (χ2v) is 6.67. The quantitative estimate of drug-likeness (QED) is 0.347. The molecule has 0 heterocycles. The lowest BCUT2D eigenvalue weighted by Gasteiger charge is -2.31. The van der Waals surface area contributed by atoms with Gasteiger partial charge in [0.2, 0.25) is 0 Å². The Morgan fingerprint density at radius 1 is 0.650 bits per heavy atom. The summed E-state index contributed by atoms with van der Waals surface area (Å²) in [6.07, 6.45) is 18.5. The first-order chi connectivity index (χ1) is 9.74. The molecule has 0 amide bonds. The molecule has 0 radical (unpaired) electrons. The Hall–Kier alpha value is -0.0400. The molecule has 0 fully saturated rings. The molecule has 1 nitrogen and oxygen atoms in total. The van der Waals surface area contributed by atoms with E-state index < -0.39 is 0 Å². The normalized spacial score (nSPS) is 12.0. The molecule has 0 spiro atoms. The van der Waals surface area contributed by atoms with E-state index in [-0.39, 0.29) is 0 Å². The minimum Gasteiger partial charge on any atom is -0.319 e. The highest BCUT2D eigenvalue weighted by Crippen LogP contribution is 2.32. The van der Waals surface area contributed by atoms with Gasteiger partial charge in [0.1, 0.15) is 0 Å². The Kier molecular flexibility index (Phi) is 13.9. The molecule has 0 atom stereocenters. The summed E-state index contributed by atoms with van der Waals surface area (Å²) in [5.74, 6) is 0. The van der Waals surface area contributed by atoms with Crippen molar-refractivity contribution >= 4 is 0 Å². The monoisotopic (exact) mass is 283 g/mol. The van der Waals surface area contributed by atoms with Crippen LogP contribution in [0.25, 0.3) is 0 Å². The summed E-state index contributed by atoms with van der Waals surface area (Å²) < 4.78 is 0. The average molecular weight is 284 g/mol. The van der Waals surface area contributed by atoms with Gasteiger partial charge in [-0.05, 0) is 31.7 Å². The number of hydrogen-bond acceptors (Lipinski definition) is 1. The molecule has 0 aromatic heterocycles. The van der Waals surface area contributed by atoms with Gasteiger partial charge in [-0.25, -0.2) is 0 Å². The minimum absolute atomic E-state index is 0.564. The zero-order valence-electron chi connectivity index (χ0n) is 14.9. The Labute approximate surface area is 129 Å². The number of unbranched alkanes of at least 4 members (excludes halogenated alkanes) is 9. The molecule has 20 heavy (non-hydrogen) atoms. The third-order valence-corrected chi connectivity index (χ3v) is 5.11. The zero-order valence-corrected chi connectivity index (χ0v) is 14.9. The lowest BCUT2D eigenvalue weighted by atomic mass is 9.77. The Morgan fingerprint density at radius 2 is 1.10 bits per heavy atom. The Bertz CT molecular complexity index is 184. The van der Waals surface area contributed by atoms with Crippen molar-refractivity contribution in [2.24, 2.45) is 5.41 Å². The van der Waals surface area contributed by atoms with E-state index in [1.54, 1.807) is 0 Å². The molecular weight excluding hydrogens is 242 g/mol. The molecule has 1 heteroatoms. The largest absolute Gasteiger partial charge is 0.319 e. The standard InChI is InChI=1S/C19H41N/c1-5-8-9-10-11-12-13-14-15-16-17-19(6-2,7-3)18-20-4/h20H,5-18H2,1-4H3. The highest BCUT2D eigenvalue weighted by Gasteiger charge is 2.24. The molecule has 1 N–H and O–H groups in total. The maximum Gasteiger partial charge on any atom is 0.000460 e. The highest BCUT2D eigenvalue weighted by atomic mass is 14.8. The summed E-state index contributed by atoms with van der Waals surface area (Å²) in [4.78, 5) is 0. The fourth-order valence-electron chi connectivity index (χ4n) is 3.30. The van der Waals surface area contributed by atoms with Crippen LogP contribution in [0.2, 0.25) is 0 Å². The lowest BCUT2D eigenvalue weighted by Crippen LogP contribution is -2.31. The molecule has 0 aliphatic rings. The van der Waals surface area contributed by atoms with Crippen molar-refractivity contribution < 1.29 is 0 Å². The van der Waals surface area contributed by atoms with Crippen LogP contribution in [0.15, 0.2) is 0 Å². The molecule has 0 rings (SSSR count). The smallest absolute Gasteiger partial charge is 0.000460 e. The first kappa shape index (κ1) is 20.0. The fourth-order valence-corrected chi connectivity index (χ4v) is 3.30. The third kappa shape index (κ3) is 9.80. The Morgan fingerprint density at radius 3 is 1.50 bits per heavy atom. The maximum atomic E-state index is 3.40. The molecule has 122 valence electrons. The van der Waals surface area contributed by atoms with Crippen LogP contribution in [-0.4, -0.2) is 13.6 Å². The van der Waals surface area contributed by atoms with Crippen molar-refractivity contribution in [2.75, 3.05) is 13.6 Å². The van der Waals surface area contributed by atoms with Gasteiger partial charge < -0.3 is 5.32 Å². The first-order valence-corrected chi connectivity index (χ1v) is 9.39. The molecular formula is C19H41N. The van der Waals surface area contributed by atoms with Gasteiger partial charge in [-0.3, -0.25) is 0 Å². The van der Waals surface area contributed by atoms with E-state index in [1.807, 2.05) is 0 Å². The minimum atomic E-state index is 0.564. The molecule has 0 aliphatic carbocycles. The fraction of sp³-hybridized carbons (Fsp3) is 1.00. The lowest BCUT2D eigenvalue weighted by molar-refractivity contribution is 0.225. The highest BCUT2D eigenvalue weighted by molar-refractivity contribution is 4.78. The summed E-state index contributed by atoms with van der Waals surface area (Å²) in [6.45, 7) is 8.20. The molecule has 0 saturated carbocycles. The van der Waals surface area contributed by atoms with Crippen LogP contribution >= 0.6 is 0 Å². The Balaban J connectivity index is 3.45. The second kappa shape index (κ2) is 13.9. The molecule has 0 saturated heterocycles.